The van der Waals surface area contributed by atoms with Crippen LogP contribution < -0.4 is 5.32 Å². The summed E-state index contributed by atoms with van der Waals surface area (Å²) in [4.78, 5) is 19.5. The first-order chi connectivity index (χ1) is 13.0. The Morgan fingerprint density at radius 1 is 1.26 bits per heavy atom. The Labute approximate surface area is 166 Å². The van der Waals surface area contributed by atoms with Crippen molar-refractivity contribution in [2.24, 2.45) is 5.92 Å². The van der Waals surface area contributed by atoms with E-state index in [9.17, 15) is 9.18 Å². The van der Waals surface area contributed by atoms with Gasteiger partial charge in [0.1, 0.15) is 5.54 Å². The quantitative estimate of drug-likeness (QED) is 0.760. The number of hydrogen-bond acceptors (Lipinski definition) is 3. The fraction of sp³-hybridized carbons (Fsp3) is 0.400. The lowest BCUT2D eigenvalue weighted by molar-refractivity contribution is -0.127. The number of anilines is 1. The third-order valence-electron chi connectivity index (χ3n) is 6.10. The number of aromatic nitrogens is 1. The molecule has 1 aliphatic carbocycles. The topological polar surface area (TPSA) is 45.2 Å². The molecule has 1 amide bonds. The van der Waals surface area contributed by atoms with Crippen molar-refractivity contribution in [3.63, 3.8) is 0 Å². The molecule has 0 bridgehead atoms. The van der Waals surface area contributed by atoms with Gasteiger partial charge in [0.05, 0.1) is 0 Å². The highest BCUT2D eigenvalue weighted by Gasteiger charge is 2.60. The Bertz CT molecular complexity index is 949. The number of amides is 1. The second-order valence-electron chi connectivity index (χ2n) is 7.65. The Hall–Kier alpha value is -1.69. The summed E-state index contributed by atoms with van der Waals surface area (Å²) in [6.45, 7) is 1.57. The van der Waals surface area contributed by atoms with Crippen LogP contribution in [0.3, 0.4) is 0 Å². The van der Waals surface area contributed by atoms with Gasteiger partial charge in [-0.25, -0.2) is 9.37 Å². The van der Waals surface area contributed by atoms with E-state index < -0.39 is 11.4 Å². The Morgan fingerprint density at radius 3 is 2.85 bits per heavy atom. The normalized spacial score (nSPS) is 27.2. The van der Waals surface area contributed by atoms with Crippen molar-refractivity contribution in [3.05, 3.63) is 57.6 Å². The number of hydrogen-bond donors (Lipinski definition) is 1. The van der Waals surface area contributed by atoms with Gasteiger partial charge in [-0.2, -0.15) is 0 Å². The standard InChI is InChI=1S/C20H18Cl2FN3O/c21-12-3-4-15-16(9-12)25-19(27)20(15)14(6-8-26(20)10-11-1-2-11)13-5-7-24-18(22)17(13)23/h3-5,7,9,11,14H,1-2,6,8,10H2,(H,25,27)/t14-,20+/m1/s1. The van der Waals surface area contributed by atoms with Crippen LogP contribution in [-0.2, 0) is 10.3 Å². The zero-order valence-electron chi connectivity index (χ0n) is 14.5. The summed E-state index contributed by atoms with van der Waals surface area (Å²) in [5, 5.41) is 3.40. The number of likely N-dealkylation sites (tertiary alicyclic amines) is 1. The van der Waals surface area contributed by atoms with Gasteiger partial charge in [0.25, 0.3) is 0 Å². The summed E-state index contributed by atoms with van der Waals surface area (Å²) in [6, 6.07) is 7.11. The van der Waals surface area contributed by atoms with Gasteiger partial charge in [0.15, 0.2) is 11.0 Å². The molecule has 1 saturated heterocycles. The van der Waals surface area contributed by atoms with E-state index in [0.29, 0.717) is 28.6 Å². The second kappa shape index (κ2) is 6.16. The number of nitrogens with zero attached hydrogens (tertiary/aromatic N) is 2. The molecule has 27 heavy (non-hydrogen) atoms. The molecule has 1 aromatic heterocycles. The van der Waals surface area contributed by atoms with Gasteiger partial charge in [-0.05, 0) is 48.9 Å². The van der Waals surface area contributed by atoms with Crippen molar-refractivity contribution in [1.82, 2.24) is 9.88 Å². The average Bonchev–Trinajstić information content (AvgIpc) is 3.31. The van der Waals surface area contributed by atoms with E-state index in [-0.39, 0.29) is 17.0 Å². The molecule has 1 aromatic carbocycles. The first-order valence-electron chi connectivity index (χ1n) is 9.18. The van der Waals surface area contributed by atoms with E-state index in [1.807, 2.05) is 6.07 Å². The lowest BCUT2D eigenvalue weighted by atomic mass is 9.75. The maximum atomic E-state index is 14.9. The fourth-order valence-corrected chi connectivity index (χ4v) is 5.11. The molecule has 4 nitrogen and oxygen atoms in total. The van der Waals surface area contributed by atoms with Gasteiger partial charge in [0.2, 0.25) is 5.91 Å². The van der Waals surface area contributed by atoms with Crippen LogP contribution in [0.5, 0.6) is 0 Å². The van der Waals surface area contributed by atoms with Crippen LogP contribution in [0.25, 0.3) is 0 Å². The lowest BCUT2D eigenvalue weighted by Crippen LogP contribution is -2.50. The van der Waals surface area contributed by atoms with Crippen LogP contribution in [0, 0.1) is 11.7 Å². The largest absolute Gasteiger partial charge is 0.324 e. The number of carbonyl (C=O) groups is 1. The highest BCUT2D eigenvalue weighted by Crippen LogP contribution is 2.56. The third-order valence-corrected chi connectivity index (χ3v) is 6.60. The second-order valence-corrected chi connectivity index (χ2v) is 8.44. The maximum Gasteiger partial charge on any atom is 0.250 e. The van der Waals surface area contributed by atoms with E-state index in [2.05, 4.69) is 15.2 Å². The maximum absolute atomic E-state index is 14.9. The van der Waals surface area contributed by atoms with E-state index in [1.165, 1.54) is 19.0 Å². The van der Waals surface area contributed by atoms with Crippen molar-refractivity contribution in [2.45, 2.75) is 30.7 Å². The molecule has 2 fully saturated rings. The summed E-state index contributed by atoms with van der Waals surface area (Å²) >= 11 is 12.1. The Balaban J connectivity index is 1.70. The molecule has 2 atom stereocenters. The van der Waals surface area contributed by atoms with Gasteiger partial charge in [0, 0.05) is 41.5 Å². The highest BCUT2D eigenvalue weighted by molar-refractivity contribution is 6.31. The summed E-state index contributed by atoms with van der Waals surface area (Å²) in [7, 11) is 0. The molecule has 1 saturated carbocycles. The first-order valence-corrected chi connectivity index (χ1v) is 9.94. The van der Waals surface area contributed by atoms with Crippen LogP contribution in [0.15, 0.2) is 30.5 Å². The summed E-state index contributed by atoms with van der Waals surface area (Å²) in [5.74, 6) is -0.378. The molecule has 2 aliphatic heterocycles. The molecule has 140 valence electrons. The van der Waals surface area contributed by atoms with Crippen molar-refractivity contribution in [2.75, 3.05) is 18.4 Å². The number of benzene rings is 1. The predicted octanol–water partition coefficient (Wildman–Crippen LogP) is 4.57. The SMILES string of the molecule is O=C1Nc2cc(Cl)ccc2[C@@]12[C@@H](c1ccnc(Cl)c1F)CCN2CC1CC1. The zero-order valence-corrected chi connectivity index (χ0v) is 16.0. The minimum absolute atomic E-state index is 0.116. The molecule has 1 N–H and O–H groups in total. The van der Waals surface area contributed by atoms with E-state index in [4.69, 9.17) is 23.2 Å². The van der Waals surface area contributed by atoms with Crippen LogP contribution in [0.1, 0.15) is 36.3 Å². The van der Waals surface area contributed by atoms with Crippen molar-refractivity contribution in [1.29, 1.82) is 0 Å². The van der Waals surface area contributed by atoms with E-state index in [1.54, 1.807) is 18.2 Å². The monoisotopic (exact) mass is 405 g/mol. The molecule has 3 heterocycles. The van der Waals surface area contributed by atoms with Crippen molar-refractivity contribution < 1.29 is 9.18 Å². The zero-order chi connectivity index (χ0) is 18.8. The van der Waals surface area contributed by atoms with E-state index in [0.717, 1.165) is 18.7 Å². The average molecular weight is 406 g/mol. The van der Waals surface area contributed by atoms with Crippen LogP contribution in [-0.4, -0.2) is 28.9 Å². The lowest BCUT2D eigenvalue weighted by Gasteiger charge is -2.38. The fourth-order valence-electron chi connectivity index (χ4n) is 4.77. The van der Waals surface area contributed by atoms with Crippen LogP contribution in [0.2, 0.25) is 10.2 Å². The molecular weight excluding hydrogens is 388 g/mol. The third kappa shape index (κ3) is 2.52. The minimum Gasteiger partial charge on any atom is -0.324 e. The minimum atomic E-state index is -0.936. The van der Waals surface area contributed by atoms with Gasteiger partial charge in [-0.1, -0.05) is 29.3 Å². The van der Waals surface area contributed by atoms with E-state index >= 15 is 0 Å². The molecule has 3 aliphatic rings. The summed E-state index contributed by atoms with van der Waals surface area (Å²) < 4.78 is 14.9. The number of rotatable bonds is 3. The Morgan fingerprint density at radius 2 is 2.07 bits per heavy atom. The molecule has 0 unspecified atom stereocenters. The van der Waals surface area contributed by atoms with Gasteiger partial charge >= 0.3 is 0 Å². The number of fused-ring (bicyclic) bond motifs is 2. The van der Waals surface area contributed by atoms with Gasteiger partial charge in [-0.3, -0.25) is 9.69 Å². The van der Waals surface area contributed by atoms with Gasteiger partial charge < -0.3 is 5.32 Å². The van der Waals surface area contributed by atoms with Crippen molar-refractivity contribution >= 4 is 34.8 Å². The number of halogens is 3. The first kappa shape index (κ1) is 17.4. The van der Waals surface area contributed by atoms with Crippen LogP contribution in [0.4, 0.5) is 10.1 Å². The predicted molar refractivity (Wildman–Crippen MR) is 103 cm³/mol. The number of carbonyl (C=O) groups excluding carboxylic acids is 1. The Kier molecular flexibility index (Phi) is 3.97. The molecule has 5 rings (SSSR count). The highest BCUT2D eigenvalue weighted by atomic mass is 35.5. The number of pyridine rings is 1. The van der Waals surface area contributed by atoms with Crippen LogP contribution >= 0.6 is 23.2 Å². The smallest absolute Gasteiger partial charge is 0.250 e. The molecular formula is C20H18Cl2FN3O. The van der Waals surface area contributed by atoms with Gasteiger partial charge in [-0.15, -0.1) is 0 Å². The molecule has 0 radical (unpaired) electrons. The summed E-state index contributed by atoms with van der Waals surface area (Å²) in [6.07, 6.45) is 4.55. The molecule has 1 spiro atoms. The summed E-state index contributed by atoms with van der Waals surface area (Å²) in [5.41, 5.74) is 1.09. The molecule has 2 aromatic rings. The van der Waals surface area contributed by atoms with Crippen molar-refractivity contribution in [3.8, 4) is 0 Å². The molecule has 7 heteroatoms. The number of nitrogens with one attached hydrogen (secondary N) is 1.